The molecule has 0 aliphatic carbocycles. The molecule has 10 N–H and O–H groups in total. The van der Waals surface area contributed by atoms with Crippen molar-refractivity contribution in [3.63, 3.8) is 0 Å². The zero-order valence-electron chi connectivity index (χ0n) is 6.00. The molecule has 0 atom stereocenters. The average molecular weight is 239 g/mol. The fourth-order valence-electron chi connectivity index (χ4n) is 0. The Hall–Kier alpha value is 0.920. The Bertz CT molecular complexity index is 70.5. The summed E-state index contributed by atoms with van der Waals surface area (Å²) in [7, 11) is -5.74. The third kappa shape index (κ3) is 1270. The molecular formula is H10NaO9P2+2. The maximum absolute atomic E-state index is 8.70. The molecule has 0 heterocycles. The predicted molar refractivity (Wildman–Crippen MR) is 40.7 cm³/mol. The van der Waals surface area contributed by atoms with Gasteiger partial charge in [-0.2, -0.15) is 0 Å². The van der Waals surface area contributed by atoms with E-state index in [9.17, 15) is 0 Å². The van der Waals surface area contributed by atoms with Crippen LogP contribution in [0.4, 0.5) is 0 Å². The average Bonchev–Trinajstić information content (AvgIpc) is 1.25. The van der Waals surface area contributed by atoms with Gasteiger partial charge >= 0.3 is 16.5 Å². The molecule has 12 heavy (non-hydrogen) atoms. The van der Waals surface area contributed by atoms with E-state index >= 15 is 0 Å². The van der Waals surface area contributed by atoms with E-state index in [2.05, 4.69) is 0 Å². The van der Waals surface area contributed by atoms with Crippen LogP contribution in [0.1, 0.15) is 0 Å². The van der Waals surface area contributed by atoms with Gasteiger partial charge in [0, 0.05) is 38.7 Å². The molecular weight excluding hydrogens is 229 g/mol. The molecule has 12 heteroatoms. The van der Waals surface area contributed by atoms with E-state index in [0.717, 1.165) is 0 Å². The third-order valence-corrected chi connectivity index (χ3v) is 0. The monoisotopic (exact) mass is 239 g/mol. The van der Waals surface area contributed by atoms with Gasteiger partial charge in [0.15, 0.2) is 0 Å². The fourth-order valence-corrected chi connectivity index (χ4v) is 0. The van der Waals surface area contributed by atoms with Crippen molar-refractivity contribution >= 4 is 46.1 Å². The first-order chi connectivity index (χ1) is 3.46. The molecule has 0 rings (SSSR count). The minimum atomic E-state index is -2.87. The molecule has 0 unspecified atom stereocenters. The van der Waals surface area contributed by atoms with E-state index in [-0.39, 0.29) is 46.0 Å². The Kier molecular flexibility index (Phi) is 94.8. The summed E-state index contributed by atoms with van der Waals surface area (Å²) in [5.41, 5.74) is 0. The summed E-state index contributed by atoms with van der Waals surface area (Å²) >= 11 is 0. The molecule has 0 aromatic carbocycles. The van der Waals surface area contributed by atoms with Crippen molar-refractivity contribution in [1.82, 2.24) is 0 Å². The fraction of sp³-hybridized carbons (Fsp3) is 0. The van der Waals surface area contributed by atoms with Crippen LogP contribution < -0.4 is 0 Å². The standard InChI is InChI=1S/Na.2HO3P.3H2O/c;2*1-4(2)3;;;/h;2*(H-,1,2,3);3*1H2/p+2. The van der Waals surface area contributed by atoms with Gasteiger partial charge < -0.3 is 16.4 Å². The maximum atomic E-state index is 8.70. The van der Waals surface area contributed by atoms with Crippen molar-refractivity contribution in [2.75, 3.05) is 0 Å². The normalized spacial score (nSPS) is 4.33. The Morgan fingerprint density at radius 3 is 0.667 bits per heavy atom. The van der Waals surface area contributed by atoms with Gasteiger partial charge in [-0.25, -0.2) is 0 Å². The smallest absolute Gasteiger partial charge is 0.412 e. The van der Waals surface area contributed by atoms with Crippen LogP contribution in [0.15, 0.2) is 0 Å². The van der Waals surface area contributed by atoms with Gasteiger partial charge in [0.05, 0.1) is 0 Å². The summed E-state index contributed by atoms with van der Waals surface area (Å²) in [5, 5.41) is 0. The molecule has 0 saturated carbocycles. The van der Waals surface area contributed by atoms with Gasteiger partial charge in [-0.1, -0.05) is 0 Å². The zero-order valence-corrected chi connectivity index (χ0v) is 9.79. The van der Waals surface area contributed by atoms with Gasteiger partial charge in [-0.3, -0.25) is 0 Å². The summed E-state index contributed by atoms with van der Waals surface area (Å²) in [6.07, 6.45) is 0. The second-order valence-electron chi connectivity index (χ2n) is 0.505. The predicted octanol–water partition coefficient (Wildman–Crippen LogP) is -3.60. The van der Waals surface area contributed by atoms with E-state index in [1.807, 2.05) is 0 Å². The molecule has 0 amide bonds. The van der Waals surface area contributed by atoms with Crippen molar-refractivity contribution in [2.45, 2.75) is 0 Å². The SMILES string of the molecule is O.O.O.O=[P+](O)O.O=[P+](O)O.[Na]. The third-order valence-electron chi connectivity index (χ3n) is 0. The van der Waals surface area contributed by atoms with Gasteiger partial charge in [0.25, 0.3) is 0 Å². The van der Waals surface area contributed by atoms with Crippen LogP contribution in [0, 0.1) is 0 Å². The summed E-state index contributed by atoms with van der Waals surface area (Å²) in [6, 6.07) is 0. The van der Waals surface area contributed by atoms with Gasteiger partial charge in [0.2, 0.25) is 0 Å². The molecule has 0 fully saturated rings. The van der Waals surface area contributed by atoms with Crippen LogP contribution in [0.25, 0.3) is 0 Å². The van der Waals surface area contributed by atoms with E-state index < -0.39 is 16.5 Å². The summed E-state index contributed by atoms with van der Waals surface area (Å²) < 4.78 is 17.4. The Morgan fingerprint density at radius 1 is 0.667 bits per heavy atom. The van der Waals surface area contributed by atoms with Crippen LogP contribution >= 0.6 is 16.5 Å². The van der Waals surface area contributed by atoms with Gasteiger partial charge in [-0.15, -0.1) is 19.6 Å². The molecule has 9 nitrogen and oxygen atoms in total. The van der Waals surface area contributed by atoms with Crippen LogP contribution in [-0.4, -0.2) is 65.6 Å². The van der Waals surface area contributed by atoms with Crippen molar-refractivity contribution in [2.24, 2.45) is 0 Å². The zero-order chi connectivity index (χ0) is 7.15. The van der Waals surface area contributed by atoms with Crippen LogP contribution in [0.2, 0.25) is 0 Å². The topological polar surface area (TPSA) is 210 Å². The number of hydrogen-bond acceptors (Lipinski definition) is 2. The molecule has 0 aliphatic rings. The molecule has 0 saturated heterocycles. The van der Waals surface area contributed by atoms with Gasteiger partial charge in [-0.05, 0) is 0 Å². The van der Waals surface area contributed by atoms with Crippen molar-refractivity contribution in [1.29, 1.82) is 0 Å². The number of rotatable bonds is 0. The van der Waals surface area contributed by atoms with E-state index in [1.165, 1.54) is 0 Å². The van der Waals surface area contributed by atoms with Crippen molar-refractivity contribution in [3.8, 4) is 0 Å². The Labute approximate surface area is 91.2 Å². The Morgan fingerprint density at radius 2 is 0.667 bits per heavy atom. The quantitative estimate of drug-likeness (QED) is 0.247. The minimum Gasteiger partial charge on any atom is -0.412 e. The van der Waals surface area contributed by atoms with E-state index in [0.29, 0.717) is 0 Å². The first-order valence-electron chi connectivity index (χ1n) is 1.17. The van der Waals surface area contributed by atoms with Gasteiger partial charge in [0.1, 0.15) is 0 Å². The summed E-state index contributed by atoms with van der Waals surface area (Å²) in [6.45, 7) is 0. The van der Waals surface area contributed by atoms with E-state index in [4.69, 9.17) is 28.7 Å². The first-order valence-corrected chi connectivity index (χ1v) is 3.50. The van der Waals surface area contributed by atoms with Crippen molar-refractivity contribution in [3.05, 3.63) is 0 Å². The second-order valence-corrected chi connectivity index (χ2v) is 1.52. The maximum Gasteiger partial charge on any atom is 0.692 e. The summed E-state index contributed by atoms with van der Waals surface area (Å²) in [4.78, 5) is 28.5. The van der Waals surface area contributed by atoms with Crippen LogP contribution in [0.5, 0.6) is 0 Å². The molecule has 0 aliphatic heterocycles. The Balaban J connectivity index is -0.0000000112. The number of hydrogen-bond donors (Lipinski definition) is 4. The molecule has 0 aromatic rings. The minimum absolute atomic E-state index is 0. The molecule has 73 valence electrons. The molecule has 0 aromatic heterocycles. The second kappa shape index (κ2) is 29.7. The molecule has 0 bridgehead atoms. The van der Waals surface area contributed by atoms with Crippen LogP contribution in [-0.2, 0) is 9.13 Å². The molecule has 0 spiro atoms. The van der Waals surface area contributed by atoms with Crippen LogP contribution in [0.3, 0.4) is 0 Å². The largest absolute Gasteiger partial charge is 0.692 e. The summed E-state index contributed by atoms with van der Waals surface area (Å²) in [5.74, 6) is 0. The first kappa shape index (κ1) is 38.3. The van der Waals surface area contributed by atoms with Crippen molar-refractivity contribution < 1.29 is 45.1 Å². The van der Waals surface area contributed by atoms with E-state index in [1.54, 1.807) is 0 Å². The molecule has 1 radical (unpaired) electrons.